The van der Waals surface area contributed by atoms with Crippen LogP contribution in [0, 0.1) is 6.92 Å². The first-order chi connectivity index (χ1) is 9.24. The monoisotopic (exact) mass is 255 g/mol. The second kappa shape index (κ2) is 6.39. The summed E-state index contributed by atoms with van der Waals surface area (Å²) >= 11 is 0. The SMILES string of the molecule is CCNCc1ccc(-c2ccc(OC)cc2)c(C)c1. The highest BCUT2D eigenvalue weighted by Crippen LogP contribution is 2.26. The minimum Gasteiger partial charge on any atom is -0.497 e. The quantitative estimate of drug-likeness (QED) is 0.878. The number of benzene rings is 2. The van der Waals surface area contributed by atoms with Crippen molar-refractivity contribution in [1.82, 2.24) is 5.32 Å². The molecular formula is C17H21NO. The van der Waals surface area contributed by atoms with Crippen LogP contribution in [0.1, 0.15) is 18.1 Å². The van der Waals surface area contributed by atoms with Crippen LogP contribution in [0.3, 0.4) is 0 Å². The molecule has 2 heteroatoms. The first-order valence-corrected chi connectivity index (χ1v) is 6.69. The van der Waals surface area contributed by atoms with Crippen LogP contribution in [0.4, 0.5) is 0 Å². The number of ether oxygens (including phenoxy) is 1. The van der Waals surface area contributed by atoms with Gasteiger partial charge in [0.15, 0.2) is 0 Å². The van der Waals surface area contributed by atoms with Gasteiger partial charge < -0.3 is 10.1 Å². The molecule has 0 aliphatic heterocycles. The van der Waals surface area contributed by atoms with E-state index in [0.717, 1.165) is 18.8 Å². The van der Waals surface area contributed by atoms with Gasteiger partial charge in [-0.3, -0.25) is 0 Å². The molecule has 0 aliphatic rings. The molecule has 0 radical (unpaired) electrons. The van der Waals surface area contributed by atoms with Gasteiger partial charge in [0.2, 0.25) is 0 Å². The third-order valence-electron chi connectivity index (χ3n) is 3.27. The Bertz CT molecular complexity index is 531. The van der Waals surface area contributed by atoms with E-state index in [2.05, 4.69) is 49.5 Å². The highest BCUT2D eigenvalue weighted by atomic mass is 16.5. The molecule has 0 amide bonds. The smallest absolute Gasteiger partial charge is 0.118 e. The van der Waals surface area contributed by atoms with Crippen LogP contribution in [0.2, 0.25) is 0 Å². The number of nitrogens with one attached hydrogen (secondary N) is 1. The standard InChI is InChI=1S/C17H21NO/c1-4-18-12-14-5-10-17(13(2)11-14)15-6-8-16(19-3)9-7-15/h5-11,18H,4,12H2,1-3H3. The van der Waals surface area contributed by atoms with Crippen LogP contribution in [-0.2, 0) is 6.54 Å². The highest BCUT2D eigenvalue weighted by Gasteiger charge is 2.03. The molecule has 0 saturated carbocycles. The van der Waals surface area contributed by atoms with Crippen molar-refractivity contribution in [2.75, 3.05) is 13.7 Å². The van der Waals surface area contributed by atoms with Gasteiger partial charge in [-0.2, -0.15) is 0 Å². The first kappa shape index (κ1) is 13.6. The Morgan fingerprint density at radius 2 is 1.79 bits per heavy atom. The van der Waals surface area contributed by atoms with Crippen molar-refractivity contribution in [3.8, 4) is 16.9 Å². The summed E-state index contributed by atoms with van der Waals surface area (Å²) in [6, 6.07) is 14.8. The number of hydrogen-bond acceptors (Lipinski definition) is 2. The van der Waals surface area contributed by atoms with Crippen molar-refractivity contribution < 1.29 is 4.74 Å². The molecule has 2 nitrogen and oxygen atoms in total. The Morgan fingerprint density at radius 1 is 1.05 bits per heavy atom. The zero-order valence-electron chi connectivity index (χ0n) is 11.9. The van der Waals surface area contributed by atoms with Gasteiger partial charge in [0, 0.05) is 6.54 Å². The van der Waals surface area contributed by atoms with Gasteiger partial charge >= 0.3 is 0 Å². The molecule has 0 spiro atoms. The minimum absolute atomic E-state index is 0.894. The molecule has 0 saturated heterocycles. The Hall–Kier alpha value is -1.80. The van der Waals surface area contributed by atoms with Crippen LogP contribution in [0.5, 0.6) is 5.75 Å². The van der Waals surface area contributed by atoms with E-state index in [1.165, 1.54) is 22.3 Å². The molecule has 0 atom stereocenters. The minimum atomic E-state index is 0.894. The van der Waals surface area contributed by atoms with Gasteiger partial charge in [0.25, 0.3) is 0 Å². The molecule has 0 aliphatic carbocycles. The van der Waals surface area contributed by atoms with E-state index in [1.807, 2.05) is 12.1 Å². The fourth-order valence-corrected chi connectivity index (χ4v) is 2.20. The predicted molar refractivity (Wildman–Crippen MR) is 80.5 cm³/mol. The number of rotatable bonds is 5. The topological polar surface area (TPSA) is 21.3 Å². The molecule has 19 heavy (non-hydrogen) atoms. The van der Waals surface area contributed by atoms with Crippen LogP contribution in [0.15, 0.2) is 42.5 Å². The maximum absolute atomic E-state index is 5.19. The third-order valence-corrected chi connectivity index (χ3v) is 3.27. The molecular weight excluding hydrogens is 234 g/mol. The van der Waals surface area contributed by atoms with Crippen LogP contribution < -0.4 is 10.1 Å². The average molecular weight is 255 g/mol. The second-order valence-corrected chi connectivity index (χ2v) is 4.66. The van der Waals surface area contributed by atoms with Crippen molar-refractivity contribution >= 4 is 0 Å². The fourth-order valence-electron chi connectivity index (χ4n) is 2.20. The molecule has 0 unspecified atom stereocenters. The van der Waals surface area contributed by atoms with E-state index in [1.54, 1.807) is 7.11 Å². The number of methoxy groups -OCH3 is 1. The fraction of sp³-hybridized carbons (Fsp3) is 0.294. The molecule has 2 rings (SSSR count). The van der Waals surface area contributed by atoms with Crippen LogP contribution in [-0.4, -0.2) is 13.7 Å². The maximum atomic E-state index is 5.19. The Labute approximate surface area is 115 Å². The van der Waals surface area contributed by atoms with Gasteiger partial charge in [-0.15, -0.1) is 0 Å². The largest absolute Gasteiger partial charge is 0.497 e. The van der Waals surface area contributed by atoms with Crippen LogP contribution >= 0.6 is 0 Å². The lowest BCUT2D eigenvalue weighted by atomic mass is 9.98. The van der Waals surface area contributed by atoms with Crippen molar-refractivity contribution in [3.63, 3.8) is 0 Å². The van der Waals surface area contributed by atoms with Gasteiger partial charge in [-0.05, 0) is 47.9 Å². The lowest BCUT2D eigenvalue weighted by Gasteiger charge is -2.10. The van der Waals surface area contributed by atoms with Crippen molar-refractivity contribution in [2.24, 2.45) is 0 Å². The summed E-state index contributed by atoms with van der Waals surface area (Å²) in [4.78, 5) is 0. The summed E-state index contributed by atoms with van der Waals surface area (Å²) in [5.74, 6) is 0.894. The predicted octanol–water partition coefficient (Wildman–Crippen LogP) is 3.78. The number of hydrogen-bond donors (Lipinski definition) is 1. The summed E-state index contributed by atoms with van der Waals surface area (Å²) in [6.07, 6.45) is 0. The Kier molecular flexibility index (Phi) is 4.58. The Balaban J connectivity index is 2.24. The van der Waals surface area contributed by atoms with Gasteiger partial charge in [0.1, 0.15) is 5.75 Å². The molecule has 2 aromatic carbocycles. The van der Waals surface area contributed by atoms with Crippen molar-refractivity contribution in [2.45, 2.75) is 20.4 Å². The molecule has 0 aromatic heterocycles. The molecule has 1 N–H and O–H groups in total. The van der Waals surface area contributed by atoms with E-state index >= 15 is 0 Å². The lowest BCUT2D eigenvalue weighted by molar-refractivity contribution is 0.415. The van der Waals surface area contributed by atoms with E-state index in [-0.39, 0.29) is 0 Å². The molecule has 0 fully saturated rings. The van der Waals surface area contributed by atoms with E-state index in [9.17, 15) is 0 Å². The molecule has 0 bridgehead atoms. The zero-order chi connectivity index (χ0) is 13.7. The highest BCUT2D eigenvalue weighted by molar-refractivity contribution is 5.68. The van der Waals surface area contributed by atoms with Crippen molar-refractivity contribution in [1.29, 1.82) is 0 Å². The van der Waals surface area contributed by atoms with Gasteiger partial charge in [0.05, 0.1) is 7.11 Å². The van der Waals surface area contributed by atoms with Crippen molar-refractivity contribution in [3.05, 3.63) is 53.6 Å². The second-order valence-electron chi connectivity index (χ2n) is 4.66. The van der Waals surface area contributed by atoms with Crippen LogP contribution in [0.25, 0.3) is 11.1 Å². The van der Waals surface area contributed by atoms with Gasteiger partial charge in [-0.25, -0.2) is 0 Å². The summed E-state index contributed by atoms with van der Waals surface area (Å²) in [5.41, 5.74) is 5.15. The van der Waals surface area contributed by atoms with E-state index in [0.29, 0.717) is 0 Å². The summed E-state index contributed by atoms with van der Waals surface area (Å²) in [7, 11) is 1.69. The average Bonchev–Trinajstić information content (AvgIpc) is 2.45. The molecule has 2 aromatic rings. The lowest BCUT2D eigenvalue weighted by Crippen LogP contribution is -2.11. The molecule has 100 valence electrons. The summed E-state index contributed by atoms with van der Waals surface area (Å²) in [5, 5.41) is 3.35. The first-order valence-electron chi connectivity index (χ1n) is 6.69. The van der Waals surface area contributed by atoms with E-state index < -0.39 is 0 Å². The maximum Gasteiger partial charge on any atom is 0.118 e. The normalized spacial score (nSPS) is 10.5. The summed E-state index contributed by atoms with van der Waals surface area (Å²) in [6.45, 7) is 6.22. The van der Waals surface area contributed by atoms with Gasteiger partial charge in [-0.1, -0.05) is 37.3 Å². The van der Waals surface area contributed by atoms with E-state index in [4.69, 9.17) is 4.74 Å². The zero-order valence-corrected chi connectivity index (χ0v) is 11.9. The number of aryl methyl sites for hydroxylation is 1. The summed E-state index contributed by atoms with van der Waals surface area (Å²) < 4.78 is 5.19. The third kappa shape index (κ3) is 3.36. The molecule has 0 heterocycles. The Morgan fingerprint density at radius 3 is 2.37 bits per heavy atom.